The number of aryl methyl sites for hydroxylation is 1. The molecule has 7 heteroatoms. The van der Waals surface area contributed by atoms with Crippen LogP contribution < -0.4 is 10.5 Å². The highest BCUT2D eigenvalue weighted by molar-refractivity contribution is 6.30. The lowest BCUT2D eigenvalue weighted by atomic mass is 9.77. The lowest BCUT2D eigenvalue weighted by molar-refractivity contribution is -0.137. The van der Waals surface area contributed by atoms with E-state index < -0.39 is 11.3 Å². The van der Waals surface area contributed by atoms with Crippen molar-refractivity contribution in [3.63, 3.8) is 0 Å². The third kappa shape index (κ3) is 5.95. The normalized spacial score (nSPS) is 18.8. The minimum absolute atomic E-state index is 0.0606. The van der Waals surface area contributed by atoms with E-state index in [0.29, 0.717) is 35.8 Å². The summed E-state index contributed by atoms with van der Waals surface area (Å²) >= 11 is 6.01. The summed E-state index contributed by atoms with van der Waals surface area (Å²) in [7, 11) is 0. The van der Waals surface area contributed by atoms with Gasteiger partial charge in [-0.3, -0.25) is 9.59 Å². The molecule has 1 unspecified atom stereocenters. The quantitative estimate of drug-likeness (QED) is 0.685. The number of nitrogens with two attached hydrogens (primary N) is 1. The fourth-order valence-corrected chi connectivity index (χ4v) is 4.18. The molecular weight excluding hydrogens is 407 g/mol. The summed E-state index contributed by atoms with van der Waals surface area (Å²) in [6, 6.07) is 13.5. The largest absolute Gasteiger partial charge is 0.493 e. The van der Waals surface area contributed by atoms with Gasteiger partial charge in [-0.1, -0.05) is 35.9 Å². The maximum absolute atomic E-state index is 13.8. The summed E-state index contributed by atoms with van der Waals surface area (Å²) < 4.78 is 19.8. The van der Waals surface area contributed by atoms with Crippen molar-refractivity contribution in [3.05, 3.63) is 64.9 Å². The van der Waals surface area contributed by atoms with Crippen LogP contribution in [0, 0.1) is 11.2 Å². The first-order valence-corrected chi connectivity index (χ1v) is 10.4. The molecule has 2 aromatic carbocycles. The number of amides is 2. The van der Waals surface area contributed by atoms with E-state index in [2.05, 4.69) is 0 Å². The second-order valence-electron chi connectivity index (χ2n) is 7.90. The van der Waals surface area contributed by atoms with E-state index in [1.807, 2.05) is 0 Å². The Morgan fingerprint density at radius 2 is 2.00 bits per heavy atom. The summed E-state index contributed by atoms with van der Waals surface area (Å²) in [6.45, 7) is 1.24. The van der Waals surface area contributed by atoms with Crippen LogP contribution in [-0.2, 0) is 16.0 Å². The molecule has 0 aliphatic carbocycles. The van der Waals surface area contributed by atoms with Gasteiger partial charge in [0.1, 0.15) is 11.6 Å². The topological polar surface area (TPSA) is 72.6 Å². The van der Waals surface area contributed by atoms with Gasteiger partial charge in [0.2, 0.25) is 11.8 Å². The molecule has 1 saturated heterocycles. The third-order valence-electron chi connectivity index (χ3n) is 5.47. The number of hydrogen-bond acceptors (Lipinski definition) is 3. The standard InChI is InChI=1S/C23H26ClFN2O3/c24-18-6-3-7-19(13-18)30-16-23(14-21(26)28)11-4-12-27(15-23)22(29)10-9-17-5-1-2-8-20(17)25/h1-3,5-8,13H,4,9-12,14-16H2,(H2,26,28). The average Bonchev–Trinajstić information content (AvgIpc) is 2.71. The first-order chi connectivity index (χ1) is 14.4. The van der Waals surface area contributed by atoms with Gasteiger partial charge in [-0.2, -0.15) is 0 Å². The highest BCUT2D eigenvalue weighted by Crippen LogP contribution is 2.35. The molecule has 2 N–H and O–H groups in total. The van der Waals surface area contributed by atoms with Crippen molar-refractivity contribution < 1.29 is 18.7 Å². The van der Waals surface area contributed by atoms with Crippen molar-refractivity contribution in [2.24, 2.45) is 11.1 Å². The van der Waals surface area contributed by atoms with E-state index in [-0.39, 0.29) is 31.2 Å². The van der Waals surface area contributed by atoms with Gasteiger partial charge in [0.25, 0.3) is 0 Å². The van der Waals surface area contributed by atoms with Crippen LogP contribution in [-0.4, -0.2) is 36.4 Å². The van der Waals surface area contributed by atoms with Crippen molar-refractivity contribution in [2.45, 2.75) is 32.1 Å². The predicted molar refractivity (Wildman–Crippen MR) is 114 cm³/mol. The summed E-state index contributed by atoms with van der Waals surface area (Å²) in [5.74, 6) is -0.184. The Morgan fingerprint density at radius 3 is 2.73 bits per heavy atom. The highest BCUT2D eigenvalue weighted by Gasteiger charge is 2.39. The van der Waals surface area contributed by atoms with Crippen LogP contribution in [0.4, 0.5) is 4.39 Å². The molecular formula is C23H26ClFN2O3. The van der Waals surface area contributed by atoms with Crippen LogP contribution in [0.1, 0.15) is 31.2 Å². The molecule has 3 rings (SSSR count). The molecule has 1 heterocycles. The van der Waals surface area contributed by atoms with Crippen LogP contribution in [0.25, 0.3) is 0 Å². The van der Waals surface area contributed by atoms with E-state index >= 15 is 0 Å². The molecule has 0 radical (unpaired) electrons. The van der Waals surface area contributed by atoms with Crippen LogP contribution in [0.3, 0.4) is 0 Å². The van der Waals surface area contributed by atoms with Gasteiger partial charge < -0.3 is 15.4 Å². The molecule has 30 heavy (non-hydrogen) atoms. The molecule has 1 atom stereocenters. The van der Waals surface area contributed by atoms with E-state index in [9.17, 15) is 14.0 Å². The molecule has 2 aromatic rings. The lowest BCUT2D eigenvalue weighted by Crippen LogP contribution is -2.50. The number of nitrogens with zero attached hydrogens (tertiary/aromatic N) is 1. The third-order valence-corrected chi connectivity index (χ3v) is 5.71. The Balaban J connectivity index is 1.66. The number of carbonyl (C=O) groups is 2. The van der Waals surface area contributed by atoms with Crippen LogP contribution in [0.2, 0.25) is 5.02 Å². The smallest absolute Gasteiger partial charge is 0.222 e. The minimum atomic E-state index is -0.555. The van der Waals surface area contributed by atoms with Crippen molar-refractivity contribution in [1.82, 2.24) is 4.90 Å². The van der Waals surface area contributed by atoms with Crippen molar-refractivity contribution in [3.8, 4) is 5.75 Å². The Morgan fingerprint density at radius 1 is 1.20 bits per heavy atom. The zero-order valence-corrected chi connectivity index (χ0v) is 17.5. The van der Waals surface area contributed by atoms with Crippen molar-refractivity contribution in [1.29, 1.82) is 0 Å². The molecule has 1 fully saturated rings. The van der Waals surface area contributed by atoms with Crippen LogP contribution >= 0.6 is 11.6 Å². The van der Waals surface area contributed by atoms with Gasteiger partial charge in [-0.25, -0.2) is 4.39 Å². The molecule has 0 saturated carbocycles. The van der Waals surface area contributed by atoms with Crippen molar-refractivity contribution in [2.75, 3.05) is 19.7 Å². The van der Waals surface area contributed by atoms with Gasteiger partial charge in [0, 0.05) is 36.4 Å². The SMILES string of the molecule is NC(=O)CC1(COc2cccc(Cl)c2)CCCN(C(=O)CCc2ccccc2F)C1. The Bertz CT molecular complexity index is 908. The molecule has 0 aromatic heterocycles. The van der Waals surface area contributed by atoms with Gasteiger partial charge in [0.15, 0.2) is 0 Å². The van der Waals surface area contributed by atoms with E-state index in [1.54, 1.807) is 47.4 Å². The zero-order valence-electron chi connectivity index (χ0n) is 16.8. The van der Waals surface area contributed by atoms with E-state index in [1.165, 1.54) is 6.07 Å². The number of carbonyl (C=O) groups excluding carboxylic acids is 2. The van der Waals surface area contributed by atoms with Gasteiger partial charge in [-0.05, 0) is 49.1 Å². The van der Waals surface area contributed by atoms with E-state index in [0.717, 1.165) is 12.8 Å². The lowest BCUT2D eigenvalue weighted by Gasteiger charge is -2.42. The minimum Gasteiger partial charge on any atom is -0.493 e. The fraction of sp³-hybridized carbons (Fsp3) is 0.391. The Hall–Kier alpha value is -2.60. The monoisotopic (exact) mass is 432 g/mol. The number of hydrogen-bond donors (Lipinski definition) is 1. The Labute approximate surface area is 181 Å². The van der Waals surface area contributed by atoms with Gasteiger partial charge in [0.05, 0.1) is 6.61 Å². The van der Waals surface area contributed by atoms with Crippen LogP contribution in [0.15, 0.2) is 48.5 Å². The van der Waals surface area contributed by atoms with Gasteiger partial charge >= 0.3 is 0 Å². The maximum atomic E-state index is 13.8. The second-order valence-corrected chi connectivity index (χ2v) is 8.34. The highest BCUT2D eigenvalue weighted by atomic mass is 35.5. The van der Waals surface area contributed by atoms with Gasteiger partial charge in [-0.15, -0.1) is 0 Å². The Kier molecular flexibility index (Phi) is 7.32. The molecule has 0 spiro atoms. The number of benzene rings is 2. The summed E-state index contributed by atoms with van der Waals surface area (Å²) in [5.41, 5.74) is 5.48. The summed E-state index contributed by atoms with van der Waals surface area (Å²) in [5, 5.41) is 0.560. The van der Waals surface area contributed by atoms with Crippen LogP contribution in [0.5, 0.6) is 5.75 Å². The summed E-state index contributed by atoms with van der Waals surface area (Å²) in [4.78, 5) is 26.3. The molecule has 160 valence electrons. The number of likely N-dealkylation sites (tertiary alicyclic amines) is 1. The second kappa shape index (κ2) is 9.94. The zero-order chi connectivity index (χ0) is 21.6. The number of primary amides is 1. The molecule has 5 nitrogen and oxygen atoms in total. The van der Waals surface area contributed by atoms with Crippen molar-refractivity contribution >= 4 is 23.4 Å². The summed E-state index contributed by atoms with van der Waals surface area (Å²) in [6.07, 6.45) is 2.16. The number of halogens is 2. The molecule has 1 aliphatic rings. The number of rotatable bonds is 8. The molecule has 2 amide bonds. The first kappa shape index (κ1) is 22.1. The van der Waals surface area contributed by atoms with E-state index in [4.69, 9.17) is 22.1 Å². The maximum Gasteiger partial charge on any atom is 0.222 e. The molecule has 0 bridgehead atoms. The predicted octanol–water partition coefficient (Wildman–Crippen LogP) is 3.97. The average molecular weight is 433 g/mol. The fourth-order valence-electron chi connectivity index (χ4n) is 4.00. The molecule has 1 aliphatic heterocycles. The number of ether oxygens (including phenoxy) is 1. The first-order valence-electron chi connectivity index (χ1n) is 10.0. The number of piperidine rings is 1.